The molecule has 1 heterocycles. The quantitative estimate of drug-likeness (QED) is 0.694. The van der Waals surface area contributed by atoms with Crippen LogP contribution in [0.25, 0.3) is 0 Å². The molecule has 28 heavy (non-hydrogen) atoms. The third-order valence-electron chi connectivity index (χ3n) is 4.90. The molecule has 1 aliphatic heterocycles. The first-order valence-corrected chi connectivity index (χ1v) is 9.46. The third-order valence-corrected chi connectivity index (χ3v) is 5.21. The topological polar surface area (TPSA) is 49.4 Å². The van der Waals surface area contributed by atoms with Crippen LogP contribution >= 0.6 is 11.6 Å². The van der Waals surface area contributed by atoms with Gasteiger partial charge in [-0.1, -0.05) is 54.1 Å². The van der Waals surface area contributed by atoms with Crippen LogP contribution in [0, 0.1) is 6.92 Å². The molecule has 0 radical (unpaired) electrons. The van der Waals surface area contributed by atoms with Gasteiger partial charge in [0.15, 0.2) is 0 Å². The first-order valence-electron chi connectivity index (χ1n) is 9.08. The number of para-hydroxylation sites is 1. The predicted octanol–water partition coefficient (Wildman–Crippen LogP) is 4.86. The standard InChI is InChI=1S/C23H19ClN2O2/c1-15-11-12-19(18(24)13-15)25-22(27)21-14-17-9-5-6-10-20(17)26(21)23(28)16-7-3-2-4-8-16/h2-13,21H,14H2,1H3,(H,25,27)/t21-/m0/s1. The summed E-state index contributed by atoms with van der Waals surface area (Å²) in [5.41, 5.74) is 3.84. The van der Waals surface area contributed by atoms with Gasteiger partial charge in [0, 0.05) is 17.7 Å². The highest BCUT2D eigenvalue weighted by Crippen LogP contribution is 2.34. The molecule has 3 aromatic carbocycles. The zero-order chi connectivity index (χ0) is 19.7. The van der Waals surface area contributed by atoms with Gasteiger partial charge in [-0.3, -0.25) is 14.5 Å². The zero-order valence-electron chi connectivity index (χ0n) is 15.4. The van der Waals surface area contributed by atoms with Gasteiger partial charge >= 0.3 is 0 Å². The zero-order valence-corrected chi connectivity index (χ0v) is 16.1. The van der Waals surface area contributed by atoms with Crippen LogP contribution in [0.2, 0.25) is 5.02 Å². The van der Waals surface area contributed by atoms with Crippen LogP contribution in [0.15, 0.2) is 72.8 Å². The molecule has 4 nitrogen and oxygen atoms in total. The molecule has 1 N–H and O–H groups in total. The van der Waals surface area contributed by atoms with E-state index in [9.17, 15) is 9.59 Å². The number of nitrogens with one attached hydrogen (secondary N) is 1. The molecular formula is C23H19ClN2O2. The van der Waals surface area contributed by atoms with Crippen molar-refractivity contribution in [1.82, 2.24) is 0 Å². The summed E-state index contributed by atoms with van der Waals surface area (Å²) in [6.45, 7) is 1.94. The van der Waals surface area contributed by atoms with Crippen molar-refractivity contribution in [3.8, 4) is 0 Å². The Hall–Kier alpha value is -3.11. The van der Waals surface area contributed by atoms with Crippen molar-refractivity contribution < 1.29 is 9.59 Å². The SMILES string of the molecule is Cc1ccc(NC(=O)[C@@H]2Cc3ccccc3N2C(=O)c2ccccc2)c(Cl)c1. The number of benzene rings is 3. The van der Waals surface area contributed by atoms with E-state index in [1.807, 2.05) is 55.5 Å². The van der Waals surface area contributed by atoms with Crippen LogP contribution in [-0.2, 0) is 11.2 Å². The van der Waals surface area contributed by atoms with Gasteiger partial charge < -0.3 is 5.32 Å². The summed E-state index contributed by atoms with van der Waals surface area (Å²) in [5.74, 6) is -0.452. The first-order chi connectivity index (χ1) is 13.5. The Balaban J connectivity index is 1.67. The van der Waals surface area contributed by atoms with Crippen LogP contribution in [0.5, 0.6) is 0 Å². The molecule has 4 rings (SSSR count). The van der Waals surface area contributed by atoms with Crippen molar-refractivity contribution in [3.63, 3.8) is 0 Å². The van der Waals surface area contributed by atoms with E-state index in [4.69, 9.17) is 11.6 Å². The summed E-state index contributed by atoms with van der Waals surface area (Å²) in [6, 6.07) is 21.5. The number of fused-ring (bicyclic) bond motifs is 1. The number of hydrogen-bond acceptors (Lipinski definition) is 2. The molecule has 0 saturated carbocycles. The molecule has 0 bridgehead atoms. The highest BCUT2D eigenvalue weighted by atomic mass is 35.5. The normalized spacial score (nSPS) is 15.2. The highest BCUT2D eigenvalue weighted by molar-refractivity contribution is 6.34. The second-order valence-corrected chi connectivity index (χ2v) is 7.27. The molecule has 0 unspecified atom stereocenters. The molecule has 1 aliphatic rings. The fourth-order valence-corrected chi connectivity index (χ4v) is 3.79. The maximum atomic E-state index is 13.2. The van der Waals surface area contributed by atoms with Gasteiger partial charge in [0.1, 0.15) is 6.04 Å². The van der Waals surface area contributed by atoms with Crippen molar-refractivity contribution in [2.45, 2.75) is 19.4 Å². The maximum absolute atomic E-state index is 13.2. The molecule has 0 aromatic heterocycles. The van der Waals surface area contributed by atoms with Crippen LogP contribution in [0.1, 0.15) is 21.5 Å². The number of anilines is 2. The Bertz CT molecular complexity index is 1050. The second-order valence-electron chi connectivity index (χ2n) is 6.86. The first kappa shape index (κ1) is 18.3. The summed E-state index contributed by atoms with van der Waals surface area (Å²) in [7, 11) is 0. The Kier molecular flexibility index (Phi) is 4.88. The summed E-state index contributed by atoms with van der Waals surface area (Å²) in [4.78, 5) is 27.9. The molecule has 0 saturated heterocycles. The molecule has 0 fully saturated rings. The van der Waals surface area contributed by atoms with Crippen molar-refractivity contribution in [1.29, 1.82) is 0 Å². The molecule has 3 aromatic rings. The second kappa shape index (κ2) is 7.49. The van der Waals surface area contributed by atoms with Gasteiger partial charge in [-0.05, 0) is 48.4 Å². The lowest BCUT2D eigenvalue weighted by molar-refractivity contribution is -0.117. The van der Waals surface area contributed by atoms with E-state index < -0.39 is 6.04 Å². The van der Waals surface area contributed by atoms with E-state index in [-0.39, 0.29) is 11.8 Å². The van der Waals surface area contributed by atoms with Crippen LogP contribution in [-0.4, -0.2) is 17.9 Å². The Morgan fingerprint density at radius 2 is 1.71 bits per heavy atom. The average molecular weight is 391 g/mol. The van der Waals surface area contributed by atoms with E-state index in [1.165, 1.54) is 0 Å². The molecular weight excluding hydrogens is 372 g/mol. The smallest absolute Gasteiger partial charge is 0.259 e. The lowest BCUT2D eigenvalue weighted by Crippen LogP contribution is -2.45. The highest BCUT2D eigenvalue weighted by Gasteiger charge is 2.38. The molecule has 1 atom stereocenters. The van der Waals surface area contributed by atoms with Crippen LogP contribution < -0.4 is 10.2 Å². The van der Waals surface area contributed by atoms with E-state index in [1.54, 1.807) is 29.2 Å². The Labute approximate surface area is 168 Å². The van der Waals surface area contributed by atoms with E-state index in [0.29, 0.717) is 22.7 Å². The van der Waals surface area contributed by atoms with Crippen molar-refractivity contribution >= 4 is 34.8 Å². The minimum atomic E-state index is -0.637. The maximum Gasteiger partial charge on any atom is 0.259 e. The third kappa shape index (κ3) is 3.39. The number of hydrogen-bond donors (Lipinski definition) is 1. The van der Waals surface area contributed by atoms with E-state index in [0.717, 1.165) is 16.8 Å². The van der Waals surface area contributed by atoms with E-state index in [2.05, 4.69) is 5.32 Å². The monoisotopic (exact) mass is 390 g/mol. The fraction of sp³-hybridized carbons (Fsp3) is 0.130. The van der Waals surface area contributed by atoms with Crippen molar-refractivity contribution in [3.05, 3.63) is 94.5 Å². The van der Waals surface area contributed by atoms with Gasteiger partial charge in [-0.15, -0.1) is 0 Å². The lowest BCUT2D eigenvalue weighted by atomic mass is 10.1. The minimum Gasteiger partial charge on any atom is -0.323 e. The summed E-state index contributed by atoms with van der Waals surface area (Å²) in [5, 5.41) is 3.36. The average Bonchev–Trinajstić information content (AvgIpc) is 3.10. The number of nitrogens with zero attached hydrogens (tertiary/aromatic N) is 1. The number of aryl methyl sites for hydroxylation is 1. The van der Waals surface area contributed by atoms with Crippen LogP contribution in [0.4, 0.5) is 11.4 Å². The number of carbonyl (C=O) groups excluding carboxylic acids is 2. The van der Waals surface area contributed by atoms with Gasteiger partial charge in [-0.25, -0.2) is 0 Å². The van der Waals surface area contributed by atoms with E-state index >= 15 is 0 Å². The Morgan fingerprint density at radius 1 is 1.00 bits per heavy atom. The van der Waals surface area contributed by atoms with Crippen LogP contribution in [0.3, 0.4) is 0 Å². The fourth-order valence-electron chi connectivity index (χ4n) is 3.50. The largest absolute Gasteiger partial charge is 0.323 e. The number of carbonyl (C=O) groups is 2. The molecule has 0 spiro atoms. The lowest BCUT2D eigenvalue weighted by Gasteiger charge is -2.25. The summed E-state index contributed by atoms with van der Waals surface area (Å²) in [6.07, 6.45) is 0.462. The number of halogens is 1. The molecule has 5 heteroatoms. The summed E-state index contributed by atoms with van der Waals surface area (Å²) < 4.78 is 0. The molecule has 140 valence electrons. The van der Waals surface area contributed by atoms with Crippen molar-refractivity contribution in [2.75, 3.05) is 10.2 Å². The summed E-state index contributed by atoms with van der Waals surface area (Å²) >= 11 is 6.27. The van der Waals surface area contributed by atoms with Gasteiger partial charge in [0.2, 0.25) is 5.91 Å². The minimum absolute atomic E-state index is 0.194. The molecule has 0 aliphatic carbocycles. The Morgan fingerprint density at radius 3 is 2.46 bits per heavy atom. The number of rotatable bonds is 3. The van der Waals surface area contributed by atoms with Gasteiger partial charge in [-0.2, -0.15) is 0 Å². The van der Waals surface area contributed by atoms with Crippen molar-refractivity contribution in [2.24, 2.45) is 0 Å². The van der Waals surface area contributed by atoms with Gasteiger partial charge in [0.05, 0.1) is 10.7 Å². The number of amides is 2. The molecule has 2 amide bonds. The van der Waals surface area contributed by atoms with Gasteiger partial charge in [0.25, 0.3) is 5.91 Å². The predicted molar refractivity (Wildman–Crippen MR) is 112 cm³/mol.